The highest BCUT2D eigenvalue weighted by molar-refractivity contribution is 5.76. The van der Waals surface area contributed by atoms with Crippen LogP contribution in [0.15, 0.2) is 0 Å². The zero-order valence-electron chi connectivity index (χ0n) is 9.05. The average molecular weight is 187 g/mol. The number of nitrogens with zero attached hydrogens (tertiary/aromatic N) is 1. The third-order valence-corrected chi connectivity index (χ3v) is 1.53. The van der Waals surface area contributed by atoms with Crippen molar-refractivity contribution in [2.75, 3.05) is 27.2 Å². The van der Waals surface area contributed by atoms with E-state index in [1.807, 2.05) is 32.8 Å². The number of hydrogen-bond donors (Lipinski definition) is 2. The van der Waals surface area contributed by atoms with Crippen LogP contribution in [0.5, 0.6) is 0 Å². The van der Waals surface area contributed by atoms with E-state index >= 15 is 0 Å². The fourth-order valence-electron chi connectivity index (χ4n) is 0.740. The summed E-state index contributed by atoms with van der Waals surface area (Å²) in [7, 11) is 3.89. The molecule has 78 valence electrons. The standard InChI is InChI=1S/C9H21N3O/c1-9(2,10)7-11-8(13)5-6-12(3)4/h5-7,10H2,1-4H3,(H,11,13). The van der Waals surface area contributed by atoms with Crippen molar-refractivity contribution in [2.45, 2.75) is 25.8 Å². The van der Waals surface area contributed by atoms with Gasteiger partial charge in [0.2, 0.25) is 5.91 Å². The zero-order valence-corrected chi connectivity index (χ0v) is 9.05. The van der Waals surface area contributed by atoms with Crippen LogP contribution in [0.3, 0.4) is 0 Å². The summed E-state index contributed by atoms with van der Waals surface area (Å²) in [6.07, 6.45) is 0.531. The SMILES string of the molecule is CN(C)CCC(=O)NCC(C)(C)N. The minimum absolute atomic E-state index is 0.0622. The maximum atomic E-state index is 11.2. The Bertz CT molecular complexity index is 161. The van der Waals surface area contributed by atoms with Crippen LogP contribution >= 0.6 is 0 Å². The molecule has 0 saturated heterocycles. The lowest BCUT2D eigenvalue weighted by Gasteiger charge is -2.19. The molecule has 13 heavy (non-hydrogen) atoms. The Balaban J connectivity index is 3.53. The van der Waals surface area contributed by atoms with Gasteiger partial charge in [-0.1, -0.05) is 0 Å². The van der Waals surface area contributed by atoms with Gasteiger partial charge in [-0.3, -0.25) is 4.79 Å². The van der Waals surface area contributed by atoms with Crippen LogP contribution in [0, 0.1) is 0 Å². The van der Waals surface area contributed by atoms with Gasteiger partial charge in [0, 0.05) is 25.0 Å². The molecule has 0 fully saturated rings. The fraction of sp³-hybridized carbons (Fsp3) is 0.889. The Morgan fingerprint density at radius 3 is 2.38 bits per heavy atom. The van der Waals surface area contributed by atoms with E-state index < -0.39 is 0 Å². The molecule has 0 bridgehead atoms. The molecule has 0 rings (SSSR count). The second kappa shape index (κ2) is 5.19. The lowest BCUT2D eigenvalue weighted by Crippen LogP contribution is -2.45. The number of carbonyl (C=O) groups excluding carboxylic acids is 1. The quantitative estimate of drug-likeness (QED) is 0.626. The van der Waals surface area contributed by atoms with Crippen LogP contribution in [-0.2, 0) is 4.79 Å². The minimum Gasteiger partial charge on any atom is -0.354 e. The number of hydrogen-bond acceptors (Lipinski definition) is 3. The van der Waals surface area contributed by atoms with E-state index in [0.29, 0.717) is 13.0 Å². The summed E-state index contributed by atoms with van der Waals surface area (Å²) >= 11 is 0. The lowest BCUT2D eigenvalue weighted by atomic mass is 10.1. The first-order valence-electron chi connectivity index (χ1n) is 4.51. The van der Waals surface area contributed by atoms with Crippen molar-refractivity contribution >= 4 is 5.91 Å². The fourth-order valence-corrected chi connectivity index (χ4v) is 0.740. The van der Waals surface area contributed by atoms with Gasteiger partial charge in [-0.15, -0.1) is 0 Å². The van der Waals surface area contributed by atoms with Gasteiger partial charge < -0.3 is 16.0 Å². The monoisotopic (exact) mass is 187 g/mol. The molecule has 0 spiro atoms. The number of rotatable bonds is 5. The molecule has 0 aromatic carbocycles. The summed E-state index contributed by atoms with van der Waals surface area (Å²) in [4.78, 5) is 13.2. The molecule has 0 heterocycles. The Morgan fingerprint density at radius 2 is 2.00 bits per heavy atom. The van der Waals surface area contributed by atoms with Gasteiger partial charge in [-0.2, -0.15) is 0 Å². The Kier molecular flexibility index (Phi) is 4.95. The normalized spacial score (nSPS) is 11.8. The molecule has 0 aliphatic rings. The molecular weight excluding hydrogens is 166 g/mol. The first kappa shape index (κ1) is 12.4. The predicted octanol–water partition coefficient (Wildman–Crippen LogP) is -0.208. The van der Waals surface area contributed by atoms with Gasteiger partial charge in [0.05, 0.1) is 0 Å². The van der Waals surface area contributed by atoms with Gasteiger partial charge in [-0.05, 0) is 27.9 Å². The van der Waals surface area contributed by atoms with Crippen molar-refractivity contribution < 1.29 is 4.79 Å². The second-order valence-corrected chi connectivity index (χ2v) is 4.32. The summed E-state index contributed by atoms with van der Waals surface area (Å²) in [5.74, 6) is 0.0622. The first-order chi connectivity index (χ1) is 5.81. The molecule has 4 nitrogen and oxygen atoms in total. The number of nitrogens with one attached hydrogen (secondary N) is 1. The number of amides is 1. The van der Waals surface area contributed by atoms with Crippen molar-refractivity contribution in [2.24, 2.45) is 5.73 Å². The van der Waals surface area contributed by atoms with E-state index in [2.05, 4.69) is 5.32 Å². The zero-order chi connectivity index (χ0) is 10.5. The molecule has 0 atom stereocenters. The summed E-state index contributed by atoms with van der Waals surface area (Å²) in [5.41, 5.74) is 5.39. The van der Waals surface area contributed by atoms with Gasteiger partial charge in [0.25, 0.3) is 0 Å². The van der Waals surface area contributed by atoms with Crippen LogP contribution in [-0.4, -0.2) is 43.5 Å². The Labute approximate surface area is 80.5 Å². The van der Waals surface area contributed by atoms with Crippen molar-refractivity contribution in [1.29, 1.82) is 0 Å². The van der Waals surface area contributed by atoms with E-state index in [4.69, 9.17) is 5.73 Å². The van der Waals surface area contributed by atoms with E-state index in [9.17, 15) is 4.79 Å². The maximum absolute atomic E-state index is 11.2. The average Bonchev–Trinajstić information content (AvgIpc) is 1.95. The largest absolute Gasteiger partial charge is 0.354 e. The Morgan fingerprint density at radius 1 is 1.46 bits per heavy atom. The highest BCUT2D eigenvalue weighted by atomic mass is 16.1. The maximum Gasteiger partial charge on any atom is 0.221 e. The van der Waals surface area contributed by atoms with Crippen molar-refractivity contribution in [3.8, 4) is 0 Å². The first-order valence-corrected chi connectivity index (χ1v) is 4.51. The summed E-state index contributed by atoms with van der Waals surface area (Å²) in [6, 6.07) is 0. The predicted molar refractivity (Wildman–Crippen MR) is 54.4 cm³/mol. The smallest absolute Gasteiger partial charge is 0.221 e. The Hall–Kier alpha value is -0.610. The third kappa shape index (κ3) is 9.30. The summed E-state index contributed by atoms with van der Waals surface area (Å²) in [6.45, 7) is 5.08. The summed E-state index contributed by atoms with van der Waals surface area (Å²) in [5, 5.41) is 2.79. The number of carbonyl (C=O) groups is 1. The van der Waals surface area contributed by atoms with Gasteiger partial charge >= 0.3 is 0 Å². The molecule has 0 aromatic rings. The van der Waals surface area contributed by atoms with Crippen LogP contribution in [0.4, 0.5) is 0 Å². The van der Waals surface area contributed by atoms with E-state index in [-0.39, 0.29) is 11.4 Å². The van der Waals surface area contributed by atoms with Crippen LogP contribution < -0.4 is 11.1 Å². The highest BCUT2D eigenvalue weighted by Crippen LogP contribution is 1.93. The minimum atomic E-state index is -0.326. The van der Waals surface area contributed by atoms with Gasteiger partial charge in [-0.25, -0.2) is 0 Å². The van der Waals surface area contributed by atoms with Gasteiger partial charge in [0.1, 0.15) is 0 Å². The van der Waals surface area contributed by atoms with Gasteiger partial charge in [0.15, 0.2) is 0 Å². The molecule has 3 N–H and O–H groups in total. The molecular formula is C9H21N3O. The molecule has 0 aliphatic heterocycles. The van der Waals surface area contributed by atoms with E-state index in [1.54, 1.807) is 0 Å². The lowest BCUT2D eigenvalue weighted by molar-refractivity contribution is -0.121. The second-order valence-electron chi connectivity index (χ2n) is 4.32. The van der Waals surface area contributed by atoms with Crippen LogP contribution in [0.1, 0.15) is 20.3 Å². The molecule has 1 amide bonds. The molecule has 0 saturated carbocycles. The highest BCUT2D eigenvalue weighted by Gasteiger charge is 2.11. The molecule has 0 radical (unpaired) electrons. The van der Waals surface area contributed by atoms with Crippen LogP contribution in [0.25, 0.3) is 0 Å². The molecule has 0 unspecified atom stereocenters. The summed E-state index contributed by atoms with van der Waals surface area (Å²) < 4.78 is 0. The van der Waals surface area contributed by atoms with Crippen molar-refractivity contribution in [1.82, 2.24) is 10.2 Å². The van der Waals surface area contributed by atoms with Crippen molar-refractivity contribution in [3.63, 3.8) is 0 Å². The molecule has 0 aliphatic carbocycles. The number of nitrogens with two attached hydrogens (primary N) is 1. The topological polar surface area (TPSA) is 58.4 Å². The third-order valence-electron chi connectivity index (χ3n) is 1.53. The van der Waals surface area contributed by atoms with Crippen LogP contribution in [0.2, 0.25) is 0 Å². The molecule has 4 heteroatoms. The van der Waals surface area contributed by atoms with E-state index in [1.165, 1.54) is 0 Å². The van der Waals surface area contributed by atoms with Crippen molar-refractivity contribution in [3.05, 3.63) is 0 Å². The molecule has 0 aromatic heterocycles. The van der Waals surface area contributed by atoms with E-state index in [0.717, 1.165) is 6.54 Å².